The Bertz CT molecular complexity index is 556. The molecule has 18 heavy (non-hydrogen) atoms. The van der Waals surface area contributed by atoms with E-state index in [9.17, 15) is 13.2 Å². The van der Waals surface area contributed by atoms with E-state index in [-0.39, 0.29) is 12.4 Å². The van der Waals surface area contributed by atoms with Gasteiger partial charge in [0.25, 0.3) is 0 Å². The van der Waals surface area contributed by atoms with Crippen molar-refractivity contribution in [3.8, 4) is 0 Å². The van der Waals surface area contributed by atoms with Crippen LogP contribution in [-0.2, 0) is 16.6 Å². The van der Waals surface area contributed by atoms with Gasteiger partial charge in [0.2, 0.25) is 10.0 Å². The number of sulfonamides is 1. The third kappa shape index (κ3) is 3.59. The summed E-state index contributed by atoms with van der Waals surface area (Å²) >= 11 is 0. The van der Waals surface area contributed by atoms with Gasteiger partial charge in [0.1, 0.15) is 5.82 Å². The molecule has 0 aromatic carbocycles. The monoisotopic (exact) mass is 273 g/mol. The van der Waals surface area contributed by atoms with Gasteiger partial charge < -0.3 is 10.4 Å². The molecule has 1 heterocycles. The van der Waals surface area contributed by atoms with Crippen LogP contribution in [0.15, 0.2) is 12.3 Å². The van der Waals surface area contributed by atoms with Crippen molar-refractivity contribution in [2.45, 2.75) is 13.5 Å². The number of rotatable bonds is 4. The molecule has 0 radical (unpaired) electrons. The van der Waals surface area contributed by atoms with E-state index in [1.54, 1.807) is 13.0 Å². The summed E-state index contributed by atoms with van der Waals surface area (Å²) in [5, 5.41) is 10.8. The highest BCUT2D eigenvalue weighted by Crippen LogP contribution is 2.19. The van der Waals surface area contributed by atoms with Gasteiger partial charge in [-0.2, -0.15) is 0 Å². The first-order valence-corrected chi connectivity index (χ1v) is 6.93. The van der Waals surface area contributed by atoms with Crippen molar-refractivity contribution in [2.75, 3.05) is 17.6 Å². The highest BCUT2D eigenvalue weighted by atomic mass is 32.2. The highest BCUT2D eigenvalue weighted by Gasteiger charge is 2.17. The minimum Gasteiger partial charge on any atom is -0.465 e. The van der Waals surface area contributed by atoms with Crippen LogP contribution in [0.4, 0.5) is 10.6 Å². The number of amides is 1. The molecule has 1 aromatic heterocycles. The van der Waals surface area contributed by atoms with E-state index in [2.05, 4.69) is 10.3 Å². The maximum Gasteiger partial charge on any atom is 0.404 e. The molecule has 0 unspecified atom stereocenters. The Kier molecular flexibility index (Phi) is 4.12. The summed E-state index contributed by atoms with van der Waals surface area (Å²) in [6, 6.07) is 1.69. The van der Waals surface area contributed by atoms with Crippen molar-refractivity contribution in [3.63, 3.8) is 0 Å². The van der Waals surface area contributed by atoms with Gasteiger partial charge in [-0.05, 0) is 18.6 Å². The lowest BCUT2D eigenvalue weighted by Gasteiger charge is -2.19. The van der Waals surface area contributed by atoms with Crippen molar-refractivity contribution in [3.05, 3.63) is 23.4 Å². The number of nitrogens with zero attached hydrogens (tertiary/aromatic N) is 2. The number of hydrogen-bond acceptors (Lipinski definition) is 4. The minimum atomic E-state index is -3.43. The molecule has 0 aliphatic rings. The van der Waals surface area contributed by atoms with E-state index in [1.165, 1.54) is 13.2 Å². The lowest BCUT2D eigenvalue weighted by molar-refractivity contribution is 0.194. The Morgan fingerprint density at radius 2 is 2.17 bits per heavy atom. The smallest absolute Gasteiger partial charge is 0.404 e. The molecular formula is C10H15N3O4S. The van der Waals surface area contributed by atoms with Gasteiger partial charge in [0.15, 0.2) is 0 Å². The summed E-state index contributed by atoms with van der Waals surface area (Å²) in [5.41, 5.74) is 1.33. The number of carboxylic acid groups (broad SMARTS) is 1. The standard InChI is InChI=1S/C10H15N3O4S/c1-7-4-8(6-12-10(14)15)9(11-5-7)13(2)18(3,16)17/h4-5,12H,6H2,1-3H3,(H,14,15). The molecule has 0 aliphatic carbocycles. The van der Waals surface area contributed by atoms with Crippen molar-refractivity contribution >= 4 is 21.9 Å². The SMILES string of the molecule is Cc1cnc(N(C)S(C)(=O)=O)c(CNC(=O)O)c1. The van der Waals surface area contributed by atoms with Crippen LogP contribution in [0.25, 0.3) is 0 Å². The van der Waals surface area contributed by atoms with E-state index >= 15 is 0 Å². The van der Waals surface area contributed by atoms with E-state index in [0.717, 1.165) is 16.1 Å². The van der Waals surface area contributed by atoms with Gasteiger partial charge in [-0.15, -0.1) is 0 Å². The molecule has 2 N–H and O–H groups in total. The summed E-state index contributed by atoms with van der Waals surface area (Å²) in [4.78, 5) is 14.5. The molecule has 0 atom stereocenters. The van der Waals surface area contributed by atoms with E-state index < -0.39 is 16.1 Å². The third-order valence-corrected chi connectivity index (χ3v) is 3.47. The van der Waals surface area contributed by atoms with Crippen molar-refractivity contribution in [1.82, 2.24) is 10.3 Å². The maximum atomic E-state index is 11.5. The fourth-order valence-corrected chi connectivity index (χ4v) is 1.84. The summed E-state index contributed by atoms with van der Waals surface area (Å²) in [6.07, 6.45) is 1.41. The van der Waals surface area contributed by atoms with Crippen molar-refractivity contribution in [1.29, 1.82) is 0 Å². The normalized spacial score (nSPS) is 11.1. The maximum absolute atomic E-state index is 11.5. The molecule has 0 fully saturated rings. The molecule has 1 rings (SSSR count). The van der Waals surface area contributed by atoms with Gasteiger partial charge in [-0.3, -0.25) is 4.31 Å². The summed E-state index contributed by atoms with van der Waals surface area (Å²) < 4.78 is 23.9. The predicted octanol–water partition coefficient (Wildman–Crippen LogP) is 0.553. The Labute approximate surface area is 106 Å². The Hall–Kier alpha value is -1.83. The molecule has 8 heteroatoms. The van der Waals surface area contributed by atoms with Crippen molar-refractivity contribution in [2.24, 2.45) is 0 Å². The lowest BCUT2D eigenvalue weighted by Crippen LogP contribution is -2.28. The van der Waals surface area contributed by atoms with Crippen LogP contribution < -0.4 is 9.62 Å². The number of hydrogen-bond donors (Lipinski definition) is 2. The number of pyridine rings is 1. The highest BCUT2D eigenvalue weighted by molar-refractivity contribution is 7.92. The first-order chi connectivity index (χ1) is 8.21. The van der Waals surface area contributed by atoms with Crippen LogP contribution in [0.3, 0.4) is 0 Å². The van der Waals surface area contributed by atoms with Crippen LogP contribution >= 0.6 is 0 Å². The van der Waals surface area contributed by atoms with Crippen LogP contribution in [0.1, 0.15) is 11.1 Å². The first kappa shape index (κ1) is 14.2. The summed E-state index contributed by atoms with van der Waals surface area (Å²) in [7, 11) is -2.06. The molecule has 0 spiro atoms. The van der Waals surface area contributed by atoms with E-state index in [0.29, 0.717) is 5.56 Å². The topological polar surface area (TPSA) is 99.6 Å². The Morgan fingerprint density at radius 1 is 1.56 bits per heavy atom. The lowest BCUT2D eigenvalue weighted by atomic mass is 10.2. The van der Waals surface area contributed by atoms with Gasteiger partial charge in [-0.25, -0.2) is 18.2 Å². The van der Waals surface area contributed by atoms with Gasteiger partial charge in [0.05, 0.1) is 6.26 Å². The zero-order valence-corrected chi connectivity index (χ0v) is 11.2. The second-order valence-electron chi connectivity index (χ2n) is 3.88. The average molecular weight is 273 g/mol. The van der Waals surface area contributed by atoms with E-state index in [1.807, 2.05) is 0 Å². The first-order valence-electron chi connectivity index (χ1n) is 5.08. The van der Waals surface area contributed by atoms with E-state index in [4.69, 9.17) is 5.11 Å². The van der Waals surface area contributed by atoms with Gasteiger partial charge in [0, 0.05) is 25.4 Å². The summed E-state index contributed by atoms with van der Waals surface area (Å²) in [5.74, 6) is 0.219. The number of aromatic nitrogens is 1. The molecule has 1 aromatic rings. The zero-order valence-electron chi connectivity index (χ0n) is 10.3. The quantitative estimate of drug-likeness (QED) is 0.834. The molecule has 0 bridgehead atoms. The molecule has 100 valence electrons. The largest absolute Gasteiger partial charge is 0.465 e. The molecule has 0 aliphatic heterocycles. The zero-order chi connectivity index (χ0) is 13.9. The second kappa shape index (κ2) is 5.21. The molecular weight excluding hydrogens is 258 g/mol. The molecule has 1 amide bonds. The van der Waals surface area contributed by atoms with Crippen molar-refractivity contribution < 1.29 is 18.3 Å². The predicted molar refractivity (Wildman–Crippen MR) is 67.1 cm³/mol. The van der Waals surface area contributed by atoms with Crippen LogP contribution in [0, 0.1) is 6.92 Å². The fraction of sp³-hybridized carbons (Fsp3) is 0.400. The van der Waals surface area contributed by atoms with Gasteiger partial charge in [-0.1, -0.05) is 0 Å². The van der Waals surface area contributed by atoms with Crippen LogP contribution in [-0.4, -0.2) is 37.9 Å². The molecule has 0 saturated heterocycles. The Morgan fingerprint density at radius 3 is 2.67 bits per heavy atom. The van der Waals surface area contributed by atoms with Crippen LogP contribution in [0.5, 0.6) is 0 Å². The second-order valence-corrected chi connectivity index (χ2v) is 5.90. The molecule has 7 nitrogen and oxygen atoms in total. The number of aryl methyl sites for hydroxylation is 1. The minimum absolute atomic E-state index is 0.000787. The number of anilines is 1. The number of nitrogens with one attached hydrogen (secondary N) is 1. The third-order valence-electron chi connectivity index (χ3n) is 2.31. The summed E-state index contributed by atoms with van der Waals surface area (Å²) in [6.45, 7) is 1.79. The number of carbonyl (C=O) groups is 1. The van der Waals surface area contributed by atoms with Gasteiger partial charge >= 0.3 is 6.09 Å². The average Bonchev–Trinajstić information content (AvgIpc) is 2.24. The Balaban J connectivity index is 3.14. The molecule has 0 saturated carbocycles. The van der Waals surface area contributed by atoms with Crippen LogP contribution in [0.2, 0.25) is 0 Å². The fourth-order valence-electron chi connectivity index (χ4n) is 1.36.